The lowest BCUT2D eigenvalue weighted by molar-refractivity contribution is -0.123. The van der Waals surface area contributed by atoms with Gasteiger partial charge in [-0.25, -0.2) is 9.80 Å². The van der Waals surface area contributed by atoms with E-state index in [1.54, 1.807) is 4.90 Å². The standard InChI is InChI=1S/C86H90N2O4/c1-7-63-50-61(51-64(8-2)83(63)87-80(89)46-47-81(87)90)49-62-52-65(9-3)84(66(10-4)53-62)88-85(91)79(82(86(88)92)60(6)68-34-20-12-21-35-68)58-78(73-44-30-17-31-45-73)57-77(72-42-28-16-29-43-72)56-76(71-40-26-15-27-41-71)55-75(70-38-24-14-25-39-70)54-74(69-36-22-13-23-37-69)48-59(5)67-32-18-11-19-33-67/h11-47,50-53,59-60,74-79,82H,7-10,48-49,54-58H2,1-6H3. The van der Waals surface area contributed by atoms with Gasteiger partial charge >= 0.3 is 0 Å². The molecule has 2 heterocycles. The summed E-state index contributed by atoms with van der Waals surface area (Å²) >= 11 is 0. The third-order valence-corrected chi connectivity index (χ3v) is 20.4. The lowest BCUT2D eigenvalue weighted by atomic mass is 9.70. The highest BCUT2D eigenvalue weighted by Gasteiger charge is 2.52. The molecule has 9 unspecified atom stereocenters. The second-order valence-electron chi connectivity index (χ2n) is 26.1. The molecule has 9 aromatic rings. The summed E-state index contributed by atoms with van der Waals surface area (Å²) in [5, 5.41) is 0. The largest absolute Gasteiger partial charge is 0.274 e. The van der Waals surface area contributed by atoms with Crippen LogP contribution in [0.25, 0.3) is 0 Å². The number of anilines is 2. The Morgan fingerprint density at radius 1 is 0.337 bits per heavy atom. The third kappa shape index (κ3) is 14.7. The quantitative estimate of drug-likeness (QED) is 0.0458. The van der Waals surface area contributed by atoms with E-state index in [-0.39, 0.29) is 53.2 Å². The van der Waals surface area contributed by atoms with Crippen LogP contribution in [0.4, 0.5) is 11.4 Å². The topological polar surface area (TPSA) is 74.8 Å². The van der Waals surface area contributed by atoms with E-state index in [9.17, 15) is 9.59 Å². The lowest BCUT2D eigenvalue weighted by Gasteiger charge is -2.33. The van der Waals surface area contributed by atoms with Crippen LogP contribution in [-0.4, -0.2) is 23.6 Å². The predicted octanol–water partition coefficient (Wildman–Crippen LogP) is 19.9. The molecule has 0 N–H and O–H groups in total. The number of benzene rings is 9. The van der Waals surface area contributed by atoms with E-state index in [1.807, 2.05) is 18.2 Å². The number of amides is 4. The van der Waals surface area contributed by atoms with Gasteiger partial charge in [0.05, 0.1) is 23.2 Å². The average molecular weight is 1220 g/mol. The maximum atomic E-state index is 16.2. The molecule has 2 aliphatic rings. The Kier molecular flexibility index (Phi) is 21.3. The molecule has 0 radical (unpaired) electrons. The van der Waals surface area contributed by atoms with E-state index in [0.29, 0.717) is 56.0 Å². The molecule has 4 amide bonds. The Hall–Kier alpha value is -9.00. The summed E-state index contributed by atoms with van der Waals surface area (Å²) in [5.41, 5.74) is 16.5. The highest BCUT2D eigenvalue weighted by atomic mass is 16.2. The number of hydrogen-bond donors (Lipinski definition) is 0. The van der Waals surface area contributed by atoms with Gasteiger partial charge in [0.1, 0.15) is 0 Å². The monoisotopic (exact) mass is 1210 g/mol. The van der Waals surface area contributed by atoms with E-state index in [0.717, 1.165) is 76.7 Å². The van der Waals surface area contributed by atoms with Crippen LogP contribution in [0.2, 0.25) is 0 Å². The molecule has 2 aliphatic heterocycles. The van der Waals surface area contributed by atoms with Gasteiger partial charge in [-0.1, -0.05) is 278 Å². The second-order valence-corrected chi connectivity index (χ2v) is 26.1. The van der Waals surface area contributed by atoms with Crippen molar-refractivity contribution in [1.82, 2.24) is 0 Å². The number of nitrogens with zero attached hydrogens (tertiary/aromatic N) is 2. The number of rotatable bonds is 28. The van der Waals surface area contributed by atoms with Crippen LogP contribution in [0.1, 0.15) is 194 Å². The van der Waals surface area contributed by atoms with Gasteiger partial charge < -0.3 is 0 Å². The molecule has 0 saturated carbocycles. The first-order valence-electron chi connectivity index (χ1n) is 34.0. The summed E-state index contributed by atoms with van der Waals surface area (Å²) < 4.78 is 0. The van der Waals surface area contributed by atoms with Crippen molar-refractivity contribution in [2.24, 2.45) is 11.8 Å². The number of carbonyl (C=O) groups excluding carboxylic acids is 4. The maximum absolute atomic E-state index is 16.2. The van der Waals surface area contributed by atoms with Crippen molar-refractivity contribution in [3.8, 4) is 0 Å². The number of aryl methyl sites for hydroxylation is 4. The fourth-order valence-electron chi connectivity index (χ4n) is 15.6. The van der Waals surface area contributed by atoms with Gasteiger partial charge in [-0.05, 0) is 184 Å². The van der Waals surface area contributed by atoms with Crippen molar-refractivity contribution < 1.29 is 19.2 Å². The van der Waals surface area contributed by atoms with Gasteiger partial charge in [0.15, 0.2) is 0 Å². The summed E-state index contributed by atoms with van der Waals surface area (Å²) in [6, 6.07) is 85.6. The van der Waals surface area contributed by atoms with Crippen molar-refractivity contribution in [3.63, 3.8) is 0 Å². The number of hydrogen-bond acceptors (Lipinski definition) is 4. The maximum Gasteiger partial charge on any atom is 0.258 e. The molecule has 92 heavy (non-hydrogen) atoms. The minimum atomic E-state index is -0.603. The molecule has 0 aromatic heterocycles. The summed E-state index contributed by atoms with van der Waals surface area (Å²) in [7, 11) is 0. The molecule has 1 fully saturated rings. The van der Waals surface area contributed by atoms with E-state index < -0.39 is 11.8 Å². The Morgan fingerprint density at radius 3 is 0.978 bits per heavy atom. The summed E-state index contributed by atoms with van der Waals surface area (Å²) in [6.07, 6.45) is 11.1. The first-order chi connectivity index (χ1) is 44.9. The van der Waals surface area contributed by atoms with Crippen molar-refractivity contribution in [2.45, 2.75) is 154 Å². The summed E-state index contributed by atoms with van der Waals surface area (Å²) in [6.45, 7) is 12.9. The van der Waals surface area contributed by atoms with E-state index in [2.05, 4.69) is 260 Å². The van der Waals surface area contributed by atoms with E-state index >= 15 is 9.59 Å². The van der Waals surface area contributed by atoms with Crippen LogP contribution in [0.3, 0.4) is 0 Å². The molecule has 468 valence electrons. The van der Waals surface area contributed by atoms with Crippen molar-refractivity contribution >= 4 is 35.0 Å². The molecule has 0 aliphatic carbocycles. The zero-order valence-electron chi connectivity index (χ0n) is 54.7. The third-order valence-electron chi connectivity index (χ3n) is 20.4. The number of carbonyl (C=O) groups is 4. The molecule has 6 heteroatoms. The Balaban J connectivity index is 0.953. The Morgan fingerprint density at radius 2 is 0.630 bits per heavy atom. The molecule has 9 atom stereocenters. The minimum Gasteiger partial charge on any atom is -0.274 e. The van der Waals surface area contributed by atoms with Gasteiger partial charge in [-0.3, -0.25) is 19.2 Å². The SMILES string of the molecule is CCc1cc(Cc2cc(CC)c(N3C(=O)C(CC(CC(CC(CC(CC(CC(C)c4ccccc4)c4ccccc4)c4ccccc4)c4ccccc4)c4ccccc4)c4ccccc4)C(C(C)c4ccccc4)C3=O)c(CC)c2)cc(CC)c1N1C(=O)C=CC1=O. The van der Waals surface area contributed by atoms with Gasteiger partial charge in [-0.15, -0.1) is 0 Å². The lowest BCUT2D eigenvalue weighted by Crippen LogP contribution is -2.33. The summed E-state index contributed by atoms with van der Waals surface area (Å²) in [4.78, 5) is 61.2. The van der Waals surface area contributed by atoms with Gasteiger partial charge in [-0.2, -0.15) is 0 Å². The van der Waals surface area contributed by atoms with Crippen LogP contribution in [0.15, 0.2) is 249 Å². The zero-order valence-corrected chi connectivity index (χ0v) is 54.7. The van der Waals surface area contributed by atoms with Gasteiger partial charge in [0.25, 0.3) is 11.8 Å². The molecular formula is C86H90N2O4. The predicted molar refractivity (Wildman–Crippen MR) is 378 cm³/mol. The highest BCUT2D eigenvalue weighted by molar-refractivity contribution is 6.28. The average Bonchev–Trinajstić information content (AvgIpc) is 1.58. The highest BCUT2D eigenvalue weighted by Crippen LogP contribution is 2.50. The molecule has 6 nitrogen and oxygen atoms in total. The first kappa shape index (κ1) is 64.5. The van der Waals surface area contributed by atoms with E-state index in [1.165, 1.54) is 50.4 Å². The fraction of sp³-hybridized carbons (Fsp3) is 0.302. The van der Waals surface area contributed by atoms with E-state index in [4.69, 9.17) is 0 Å². The molecule has 9 aromatic carbocycles. The number of imide groups is 2. The van der Waals surface area contributed by atoms with Crippen molar-refractivity contribution in [2.75, 3.05) is 9.80 Å². The molecule has 1 saturated heterocycles. The minimum absolute atomic E-state index is 0.0686. The van der Waals surface area contributed by atoms with Gasteiger partial charge in [0, 0.05) is 12.2 Å². The van der Waals surface area contributed by atoms with Crippen LogP contribution in [0, 0.1) is 11.8 Å². The Labute approximate surface area is 547 Å². The molecular weight excluding hydrogens is 1120 g/mol. The normalized spacial score (nSPS) is 17.2. The summed E-state index contributed by atoms with van der Waals surface area (Å²) in [5.74, 6) is -1.13. The van der Waals surface area contributed by atoms with Crippen LogP contribution in [-0.2, 0) is 51.3 Å². The second kappa shape index (κ2) is 30.4. The smallest absolute Gasteiger partial charge is 0.258 e. The zero-order chi connectivity index (χ0) is 64.1. The van der Waals surface area contributed by atoms with Crippen molar-refractivity contribution in [1.29, 1.82) is 0 Å². The fourth-order valence-corrected chi connectivity index (χ4v) is 15.6. The molecule has 11 rings (SSSR count). The van der Waals surface area contributed by atoms with Crippen LogP contribution >= 0.6 is 0 Å². The van der Waals surface area contributed by atoms with Crippen LogP contribution in [0.5, 0.6) is 0 Å². The first-order valence-corrected chi connectivity index (χ1v) is 34.0. The Bertz CT molecular complexity index is 3880. The molecule has 0 bridgehead atoms. The van der Waals surface area contributed by atoms with Crippen molar-refractivity contribution in [3.05, 3.63) is 321 Å². The molecule has 0 spiro atoms. The van der Waals surface area contributed by atoms with Gasteiger partial charge in [0.2, 0.25) is 11.8 Å². The van der Waals surface area contributed by atoms with Crippen LogP contribution < -0.4 is 9.80 Å².